The monoisotopic (exact) mass is 319 g/mol. The number of nitrogens with one attached hydrogen (secondary N) is 3. The summed E-state index contributed by atoms with van der Waals surface area (Å²) in [6.07, 6.45) is 0.633. The number of fused-ring (bicyclic) bond motifs is 1. The number of aromatic amines is 1. The smallest absolute Gasteiger partial charge is 0.412 e. The van der Waals surface area contributed by atoms with Gasteiger partial charge in [0.15, 0.2) is 0 Å². The number of carbonyl (C=O) groups excluding carboxylic acids is 2. The van der Waals surface area contributed by atoms with Crippen molar-refractivity contribution < 1.29 is 19.1 Å². The number of ether oxygens (including phenoxy) is 2. The molecular weight excluding hydrogens is 298 g/mol. The highest BCUT2D eigenvalue weighted by molar-refractivity contribution is 6.02. The fraction of sp³-hybridized carbons (Fsp3) is 0.375. The molecule has 7 nitrogen and oxygen atoms in total. The number of benzene rings is 1. The molecule has 2 amide bonds. The standard InChI is InChI=1S/C16H21N3O4/c1-5-22-14(20)18-10-8-12-11(6-7-17-12)13(9-10)19-15(21)23-16(2,3)4/h6-9,17H,5H2,1-4H3,(H,18,20)(H,19,21). The first-order chi connectivity index (χ1) is 10.8. The Morgan fingerprint density at radius 1 is 1.17 bits per heavy atom. The fourth-order valence-corrected chi connectivity index (χ4v) is 2.04. The third kappa shape index (κ3) is 4.64. The maximum atomic E-state index is 12.0. The molecule has 124 valence electrons. The zero-order chi connectivity index (χ0) is 17.0. The lowest BCUT2D eigenvalue weighted by Gasteiger charge is -2.20. The Balaban J connectivity index is 2.25. The van der Waals surface area contributed by atoms with Crippen LogP contribution in [-0.2, 0) is 9.47 Å². The predicted molar refractivity (Wildman–Crippen MR) is 88.8 cm³/mol. The van der Waals surface area contributed by atoms with Crippen molar-refractivity contribution in [2.75, 3.05) is 17.2 Å². The van der Waals surface area contributed by atoms with Gasteiger partial charge >= 0.3 is 12.2 Å². The minimum atomic E-state index is -0.595. The van der Waals surface area contributed by atoms with E-state index in [1.807, 2.05) is 6.07 Å². The number of amides is 2. The SMILES string of the molecule is CCOC(=O)Nc1cc(NC(=O)OC(C)(C)C)c2cc[nH]c2c1. The van der Waals surface area contributed by atoms with Crippen LogP contribution in [0.25, 0.3) is 10.9 Å². The molecule has 0 fully saturated rings. The van der Waals surface area contributed by atoms with Crippen molar-refractivity contribution in [1.29, 1.82) is 0 Å². The summed E-state index contributed by atoms with van der Waals surface area (Å²) in [6, 6.07) is 5.24. The average Bonchev–Trinajstić information content (AvgIpc) is 2.84. The second-order valence-corrected chi connectivity index (χ2v) is 5.94. The molecular formula is C16H21N3O4. The van der Waals surface area contributed by atoms with Crippen LogP contribution in [-0.4, -0.2) is 29.4 Å². The molecule has 0 radical (unpaired) electrons. The molecule has 2 rings (SSSR count). The summed E-state index contributed by atoms with van der Waals surface area (Å²) in [5.74, 6) is 0. The van der Waals surface area contributed by atoms with Crippen molar-refractivity contribution in [3.63, 3.8) is 0 Å². The zero-order valence-electron chi connectivity index (χ0n) is 13.6. The van der Waals surface area contributed by atoms with E-state index in [0.717, 1.165) is 10.9 Å². The highest BCUT2D eigenvalue weighted by Crippen LogP contribution is 2.28. The minimum absolute atomic E-state index is 0.277. The molecule has 1 aromatic heterocycles. The first-order valence-electron chi connectivity index (χ1n) is 7.33. The van der Waals surface area contributed by atoms with Gasteiger partial charge in [-0.3, -0.25) is 10.6 Å². The van der Waals surface area contributed by atoms with Crippen LogP contribution in [0.5, 0.6) is 0 Å². The molecule has 7 heteroatoms. The first kappa shape index (κ1) is 16.7. The normalized spacial score (nSPS) is 11.1. The lowest BCUT2D eigenvalue weighted by Crippen LogP contribution is -2.27. The van der Waals surface area contributed by atoms with Crippen molar-refractivity contribution in [1.82, 2.24) is 4.98 Å². The van der Waals surface area contributed by atoms with E-state index in [0.29, 0.717) is 11.4 Å². The summed E-state index contributed by atoms with van der Waals surface area (Å²) in [5.41, 5.74) is 1.21. The fourth-order valence-electron chi connectivity index (χ4n) is 2.04. The highest BCUT2D eigenvalue weighted by Gasteiger charge is 2.17. The van der Waals surface area contributed by atoms with Crippen LogP contribution in [0.15, 0.2) is 24.4 Å². The van der Waals surface area contributed by atoms with Crippen LogP contribution in [0.4, 0.5) is 21.0 Å². The van der Waals surface area contributed by atoms with Gasteiger partial charge in [-0.05, 0) is 45.9 Å². The van der Waals surface area contributed by atoms with E-state index in [1.165, 1.54) is 0 Å². The predicted octanol–water partition coefficient (Wildman–Crippen LogP) is 4.08. The van der Waals surface area contributed by atoms with Crippen molar-refractivity contribution >= 4 is 34.5 Å². The Kier molecular flexibility index (Phi) is 4.78. The maximum Gasteiger partial charge on any atom is 0.412 e. The zero-order valence-corrected chi connectivity index (χ0v) is 13.6. The minimum Gasteiger partial charge on any atom is -0.450 e. The van der Waals surface area contributed by atoms with Gasteiger partial charge in [0.1, 0.15) is 5.60 Å². The summed E-state index contributed by atoms with van der Waals surface area (Å²) in [5, 5.41) is 6.12. The molecule has 3 N–H and O–H groups in total. The van der Waals surface area contributed by atoms with Gasteiger partial charge in [-0.15, -0.1) is 0 Å². The number of hydrogen-bond acceptors (Lipinski definition) is 4. The van der Waals surface area contributed by atoms with E-state index in [1.54, 1.807) is 46.0 Å². The number of aromatic nitrogens is 1. The molecule has 2 aromatic rings. The number of anilines is 2. The largest absolute Gasteiger partial charge is 0.450 e. The van der Waals surface area contributed by atoms with Crippen LogP contribution < -0.4 is 10.6 Å². The first-order valence-corrected chi connectivity index (χ1v) is 7.33. The molecule has 0 bridgehead atoms. The third-order valence-electron chi connectivity index (χ3n) is 2.83. The molecule has 0 unspecified atom stereocenters. The third-order valence-corrected chi connectivity index (χ3v) is 2.83. The maximum absolute atomic E-state index is 12.0. The van der Waals surface area contributed by atoms with Gasteiger partial charge in [0.2, 0.25) is 0 Å². The molecule has 0 aliphatic heterocycles. The summed E-state index contributed by atoms with van der Waals surface area (Å²) >= 11 is 0. The molecule has 0 saturated heterocycles. The van der Waals surface area contributed by atoms with Gasteiger partial charge in [0.25, 0.3) is 0 Å². The molecule has 1 aromatic carbocycles. The Bertz CT molecular complexity index is 716. The van der Waals surface area contributed by atoms with Gasteiger partial charge in [-0.25, -0.2) is 9.59 Å². The molecule has 0 spiro atoms. The molecule has 0 saturated carbocycles. The molecule has 0 aliphatic carbocycles. The molecule has 0 aliphatic rings. The van der Waals surface area contributed by atoms with E-state index in [-0.39, 0.29) is 6.61 Å². The van der Waals surface area contributed by atoms with Crippen molar-refractivity contribution in [3.05, 3.63) is 24.4 Å². The highest BCUT2D eigenvalue weighted by atomic mass is 16.6. The Hall–Kier alpha value is -2.70. The second-order valence-electron chi connectivity index (χ2n) is 5.94. The number of rotatable bonds is 3. The van der Waals surface area contributed by atoms with Crippen LogP contribution in [0.2, 0.25) is 0 Å². The lowest BCUT2D eigenvalue weighted by molar-refractivity contribution is 0.0636. The van der Waals surface area contributed by atoms with Crippen molar-refractivity contribution in [2.45, 2.75) is 33.3 Å². The Labute approximate surface area is 134 Å². The quantitative estimate of drug-likeness (QED) is 0.794. The van der Waals surface area contributed by atoms with E-state index in [2.05, 4.69) is 15.6 Å². The molecule has 1 heterocycles. The van der Waals surface area contributed by atoms with E-state index in [9.17, 15) is 9.59 Å². The van der Waals surface area contributed by atoms with Gasteiger partial charge in [-0.1, -0.05) is 0 Å². The summed E-state index contributed by atoms with van der Waals surface area (Å²) < 4.78 is 10.1. The van der Waals surface area contributed by atoms with Crippen LogP contribution in [0.1, 0.15) is 27.7 Å². The lowest BCUT2D eigenvalue weighted by atomic mass is 10.2. The van der Waals surface area contributed by atoms with E-state index in [4.69, 9.17) is 9.47 Å². The summed E-state index contributed by atoms with van der Waals surface area (Å²) in [7, 11) is 0. The summed E-state index contributed by atoms with van der Waals surface area (Å²) in [4.78, 5) is 26.6. The average molecular weight is 319 g/mol. The van der Waals surface area contributed by atoms with E-state index < -0.39 is 17.8 Å². The number of H-pyrrole nitrogens is 1. The van der Waals surface area contributed by atoms with Gasteiger partial charge in [0, 0.05) is 22.8 Å². The second kappa shape index (κ2) is 6.60. The van der Waals surface area contributed by atoms with Gasteiger partial charge < -0.3 is 14.5 Å². The Morgan fingerprint density at radius 3 is 2.57 bits per heavy atom. The number of hydrogen-bond donors (Lipinski definition) is 3. The Morgan fingerprint density at radius 2 is 1.91 bits per heavy atom. The summed E-state index contributed by atoms with van der Waals surface area (Å²) in [6.45, 7) is 7.37. The van der Waals surface area contributed by atoms with Gasteiger partial charge in [-0.2, -0.15) is 0 Å². The van der Waals surface area contributed by atoms with Crippen molar-refractivity contribution in [2.24, 2.45) is 0 Å². The molecule has 23 heavy (non-hydrogen) atoms. The van der Waals surface area contributed by atoms with Crippen LogP contribution in [0.3, 0.4) is 0 Å². The molecule has 0 atom stereocenters. The van der Waals surface area contributed by atoms with Gasteiger partial charge in [0.05, 0.1) is 12.3 Å². The van der Waals surface area contributed by atoms with Crippen LogP contribution >= 0.6 is 0 Å². The van der Waals surface area contributed by atoms with E-state index >= 15 is 0 Å². The van der Waals surface area contributed by atoms with Crippen LogP contribution in [0, 0.1) is 0 Å². The van der Waals surface area contributed by atoms with Crippen molar-refractivity contribution in [3.8, 4) is 0 Å². The number of carbonyl (C=O) groups is 2. The topological polar surface area (TPSA) is 92.5 Å².